The van der Waals surface area contributed by atoms with Gasteiger partial charge in [0.25, 0.3) is 0 Å². The van der Waals surface area contributed by atoms with Crippen molar-refractivity contribution in [2.24, 2.45) is 0 Å². The van der Waals surface area contributed by atoms with E-state index in [-0.39, 0.29) is 6.10 Å². The van der Waals surface area contributed by atoms with Crippen LogP contribution in [0.15, 0.2) is 54.9 Å². The summed E-state index contributed by atoms with van der Waals surface area (Å²) in [4.78, 5) is 4.31. The minimum atomic E-state index is 0.0845. The van der Waals surface area contributed by atoms with Crippen molar-refractivity contribution in [1.82, 2.24) is 14.8 Å². The molecule has 0 aliphatic heterocycles. The van der Waals surface area contributed by atoms with Crippen molar-refractivity contribution in [1.29, 1.82) is 0 Å². The normalized spacial score (nSPS) is 10.7. The van der Waals surface area contributed by atoms with Crippen molar-refractivity contribution in [3.8, 4) is 17.2 Å². The van der Waals surface area contributed by atoms with Gasteiger partial charge in [-0.25, -0.2) is 9.67 Å². The van der Waals surface area contributed by atoms with Gasteiger partial charge in [-0.2, -0.15) is 0 Å². The molecule has 0 unspecified atom stereocenters. The summed E-state index contributed by atoms with van der Waals surface area (Å²) < 4.78 is 12.9. The third-order valence-corrected chi connectivity index (χ3v) is 3.59. The maximum absolute atomic E-state index is 5.88. The number of nitrogens with zero attached hydrogens (tertiary/aromatic N) is 3. The van der Waals surface area contributed by atoms with E-state index < -0.39 is 0 Å². The highest BCUT2D eigenvalue weighted by Gasteiger charge is 2.09. The van der Waals surface area contributed by atoms with Crippen molar-refractivity contribution >= 4 is 5.95 Å². The molecule has 1 N–H and O–H groups in total. The molecular weight excluding hydrogens is 316 g/mol. The zero-order valence-electron chi connectivity index (χ0n) is 14.6. The van der Waals surface area contributed by atoms with Crippen molar-refractivity contribution in [2.75, 3.05) is 12.4 Å². The number of hydrogen-bond acceptors (Lipinski definition) is 5. The SMILES string of the molecule is COc1ccc(CNc2ncn(-c3ccccc3)n2)c(OC(C)C)c1. The fourth-order valence-electron chi connectivity index (χ4n) is 2.39. The van der Waals surface area contributed by atoms with E-state index in [1.165, 1.54) is 0 Å². The van der Waals surface area contributed by atoms with Gasteiger partial charge in [-0.3, -0.25) is 0 Å². The third kappa shape index (κ3) is 4.29. The summed E-state index contributed by atoms with van der Waals surface area (Å²) in [5.74, 6) is 2.13. The van der Waals surface area contributed by atoms with Gasteiger partial charge in [0.1, 0.15) is 17.8 Å². The van der Waals surface area contributed by atoms with Gasteiger partial charge in [0, 0.05) is 18.2 Å². The maximum Gasteiger partial charge on any atom is 0.242 e. The van der Waals surface area contributed by atoms with E-state index in [1.807, 2.05) is 62.4 Å². The molecule has 0 atom stereocenters. The minimum Gasteiger partial charge on any atom is -0.497 e. The molecule has 0 aliphatic carbocycles. The quantitative estimate of drug-likeness (QED) is 0.712. The van der Waals surface area contributed by atoms with Gasteiger partial charge in [-0.1, -0.05) is 18.2 Å². The lowest BCUT2D eigenvalue weighted by atomic mass is 10.2. The predicted octanol–water partition coefficient (Wildman–Crippen LogP) is 3.68. The first-order valence-electron chi connectivity index (χ1n) is 8.20. The average Bonchev–Trinajstić information content (AvgIpc) is 3.10. The van der Waals surface area contributed by atoms with E-state index in [2.05, 4.69) is 15.4 Å². The van der Waals surface area contributed by atoms with Crippen LogP contribution in [0.4, 0.5) is 5.95 Å². The molecule has 0 spiro atoms. The van der Waals surface area contributed by atoms with Crippen LogP contribution in [-0.2, 0) is 6.54 Å². The molecule has 0 saturated heterocycles. The lowest BCUT2D eigenvalue weighted by molar-refractivity contribution is 0.239. The van der Waals surface area contributed by atoms with E-state index in [0.29, 0.717) is 12.5 Å². The summed E-state index contributed by atoms with van der Waals surface area (Å²) in [5, 5.41) is 7.69. The van der Waals surface area contributed by atoms with Gasteiger partial charge in [0.2, 0.25) is 5.95 Å². The first-order chi connectivity index (χ1) is 12.2. The monoisotopic (exact) mass is 338 g/mol. The number of para-hydroxylation sites is 1. The van der Waals surface area contributed by atoms with Crippen molar-refractivity contribution < 1.29 is 9.47 Å². The summed E-state index contributed by atoms with van der Waals surface area (Å²) in [6.07, 6.45) is 1.78. The largest absolute Gasteiger partial charge is 0.497 e. The van der Waals surface area contributed by atoms with Gasteiger partial charge >= 0.3 is 0 Å². The van der Waals surface area contributed by atoms with Crippen molar-refractivity contribution in [3.63, 3.8) is 0 Å². The van der Waals surface area contributed by atoms with Crippen LogP contribution in [0.1, 0.15) is 19.4 Å². The first kappa shape index (κ1) is 16.8. The molecule has 0 saturated carbocycles. The number of ether oxygens (including phenoxy) is 2. The minimum absolute atomic E-state index is 0.0845. The van der Waals surface area contributed by atoms with Gasteiger partial charge < -0.3 is 14.8 Å². The molecule has 3 aromatic rings. The number of anilines is 1. The predicted molar refractivity (Wildman–Crippen MR) is 97.4 cm³/mol. The molecular formula is C19H22N4O2. The summed E-state index contributed by atoms with van der Waals surface area (Å²) in [6.45, 7) is 4.56. The number of rotatable bonds is 7. The van der Waals surface area contributed by atoms with Crippen LogP contribution in [0.5, 0.6) is 11.5 Å². The highest BCUT2D eigenvalue weighted by Crippen LogP contribution is 2.26. The van der Waals surface area contributed by atoms with Crippen LogP contribution in [-0.4, -0.2) is 28.0 Å². The number of benzene rings is 2. The van der Waals surface area contributed by atoms with E-state index >= 15 is 0 Å². The molecule has 3 rings (SSSR count). The smallest absolute Gasteiger partial charge is 0.242 e. The number of hydrogen-bond donors (Lipinski definition) is 1. The van der Waals surface area contributed by atoms with Gasteiger partial charge in [0.05, 0.1) is 18.9 Å². The van der Waals surface area contributed by atoms with Crippen molar-refractivity contribution in [2.45, 2.75) is 26.5 Å². The Balaban J connectivity index is 1.72. The van der Waals surface area contributed by atoms with Crippen molar-refractivity contribution in [3.05, 3.63) is 60.4 Å². The number of aromatic nitrogens is 3. The van der Waals surface area contributed by atoms with Crippen LogP contribution in [0.25, 0.3) is 5.69 Å². The molecule has 6 nitrogen and oxygen atoms in total. The summed E-state index contributed by atoms with van der Waals surface area (Å²) in [6, 6.07) is 15.7. The molecule has 0 aliphatic rings. The zero-order valence-corrected chi connectivity index (χ0v) is 14.6. The Morgan fingerprint density at radius 3 is 2.64 bits per heavy atom. The number of methoxy groups -OCH3 is 1. The van der Waals surface area contributed by atoms with Crippen LogP contribution in [0.2, 0.25) is 0 Å². The third-order valence-electron chi connectivity index (χ3n) is 3.59. The van der Waals surface area contributed by atoms with E-state index in [0.717, 1.165) is 22.7 Å². The van der Waals surface area contributed by atoms with E-state index in [9.17, 15) is 0 Å². The lowest BCUT2D eigenvalue weighted by Crippen LogP contribution is -2.10. The molecule has 1 heterocycles. The Bertz CT molecular complexity index is 815. The van der Waals surface area contributed by atoms with Crippen LogP contribution >= 0.6 is 0 Å². The lowest BCUT2D eigenvalue weighted by Gasteiger charge is -2.15. The Kier molecular flexibility index (Phi) is 5.18. The highest BCUT2D eigenvalue weighted by molar-refractivity contribution is 5.43. The van der Waals surface area contributed by atoms with Gasteiger partial charge in [0.15, 0.2) is 0 Å². The Morgan fingerprint density at radius 1 is 1.12 bits per heavy atom. The summed E-state index contributed by atoms with van der Waals surface area (Å²) in [7, 11) is 1.65. The first-order valence-corrected chi connectivity index (χ1v) is 8.20. The van der Waals surface area contributed by atoms with Gasteiger partial charge in [-0.15, -0.1) is 5.10 Å². The zero-order chi connectivity index (χ0) is 17.6. The van der Waals surface area contributed by atoms with Gasteiger partial charge in [-0.05, 0) is 38.1 Å². The second kappa shape index (κ2) is 7.70. The maximum atomic E-state index is 5.88. The molecule has 25 heavy (non-hydrogen) atoms. The second-order valence-corrected chi connectivity index (χ2v) is 5.84. The Labute approximate surface area is 147 Å². The number of nitrogens with one attached hydrogen (secondary N) is 1. The fraction of sp³-hybridized carbons (Fsp3) is 0.263. The Morgan fingerprint density at radius 2 is 1.92 bits per heavy atom. The van der Waals surface area contributed by atoms with E-state index in [4.69, 9.17) is 9.47 Å². The second-order valence-electron chi connectivity index (χ2n) is 5.84. The topological polar surface area (TPSA) is 61.2 Å². The average molecular weight is 338 g/mol. The summed E-state index contributed by atoms with van der Waals surface area (Å²) >= 11 is 0. The molecule has 0 fully saturated rings. The standard InChI is InChI=1S/C19H22N4O2/c1-14(2)25-18-11-17(24-3)10-9-15(18)12-20-19-21-13-23(22-19)16-7-5-4-6-8-16/h4-11,13-14H,12H2,1-3H3,(H,20,22). The van der Waals surface area contributed by atoms with Crippen LogP contribution in [0.3, 0.4) is 0 Å². The van der Waals surface area contributed by atoms with Crippen LogP contribution < -0.4 is 14.8 Å². The molecule has 130 valence electrons. The summed E-state index contributed by atoms with van der Waals surface area (Å²) in [5.41, 5.74) is 1.99. The molecule has 0 bridgehead atoms. The molecule has 0 amide bonds. The van der Waals surface area contributed by atoms with Crippen LogP contribution in [0, 0.1) is 0 Å². The van der Waals surface area contributed by atoms with E-state index in [1.54, 1.807) is 18.1 Å². The molecule has 1 aromatic heterocycles. The molecule has 2 aromatic carbocycles. The fourth-order valence-corrected chi connectivity index (χ4v) is 2.39. The molecule has 6 heteroatoms. The highest BCUT2D eigenvalue weighted by atomic mass is 16.5. The Hall–Kier alpha value is -3.02. The molecule has 0 radical (unpaired) electrons.